The Morgan fingerprint density at radius 1 is 1.38 bits per heavy atom. The highest BCUT2D eigenvalue weighted by Gasteiger charge is 2.28. The Morgan fingerprint density at radius 3 is 2.38 bits per heavy atom. The van der Waals surface area contributed by atoms with Crippen LogP contribution in [0.5, 0.6) is 0 Å². The lowest BCUT2D eigenvalue weighted by Gasteiger charge is -2.15. The number of aliphatic imine (C=N–C) groups is 1. The van der Waals surface area contributed by atoms with Crippen LogP contribution in [0.1, 0.15) is 20.8 Å². The molecule has 0 heterocycles. The summed E-state index contributed by atoms with van der Waals surface area (Å²) in [5.74, 6) is 0. The van der Waals surface area contributed by atoms with Crippen LogP contribution in [0.15, 0.2) is 29.4 Å². The van der Waals surface area contributed by atoms with Gasteiger partial charge in [0.05, 0.1) is 5.71 Å². The van der Waals surface area contributed by atoms with Gasteiger partial charge >= 0.3 is 0 Å². The van der Waals surface area contributed by atoms with Crippen LogP contribution in [0.2, 0.25) is 0 Å². The Bertz CT molecular complexity index is 227. The quantitative estimate of drug-likeness (QED) is 0.599. The first-order valence-corrected chi connectivity index (χ1v) is 4.15. The molecule has 0 saturated heterocycles. The molecule has 0 N–H and O–H groups in total. The van der Waals surface area contributed by atoms with Crippen LogP contribution < -0.4 is 0 Å². The molecule has 0 aromatic rings. The van der Waals surface area contributed by atoms with E-state index in [0.29, 0.717) is 0 Å². The maximum absolute atomic E-state index is 13.4. The molecular weight excluding hydrogens is 172 g/mol. The molecule has 3 heteroatoms. The zero-order chi connectivity index (χ0) is 10.3. The fraction of sp³-hybridized carbons (Fsp3) is 0.500. The van der Waals surface area contributed by atoms with Crippen molar-refractivity contribution in [1.82, 2.24) is 0 Å². The molecule has 1 unspecified atom stereocenters. The van der Waals surface area contributed by atoms with Gasteiger partial charge in [0.15, 0.2) is 5.67 Å². The normalized spacial score (nSPS) is 18.4. The molecule has 0 saturated carbocycles. The van der Waals surface area contributed by atoms with Crippen LogP contribution in [0.3, 0.4) is 0 Å². The summed E-state index contributed by atoms with van der Waals surface area (Å²) in [6.45, 7) is 3.62. The van der Waals surface area contributed by atoms with E-state index in [9.17, 15) is 8.78 Å². The highest BCUT2D eigenvalue weighted by Crippen LogP contribution is 2.15. The summed E-state index contributed by atoms with van der Waals surface area (Å²) < 4.78 is 25.7. The molecule has 0 radical (unpaired) electrons. The largest absolute Gasteiger partial charge is 0.258 e. The Morgan fingerprint density at radius 2 is 2.00 bits per heavy atom. The maximum Gasteiger partial charge on any atom is 0.177 e. The number of hydrogen-bond donors (Lipinski definition) is 0. The van der Waals surface area contributed by atoms with Gasteiger partial charge < -0.3 is 0 Å². The number of halogens is 2. The molecule has 0 aromatic carbocycles. The summed E-state index contributed by atoms with van der Waals surface area (Å²) in [5.41, 5.74) is -1.89. The summed E-state index contributed by atoms with van der Waals surface area (Å²) in [6.07, 6.45) is 6.22. The van der Waals surface area contributed by atoms with Crippen molar-refractivity contribution in [3.05, 3.63) is 24.4 Å². The van der Waals surface area contributed by atoms with Crippen LogP contribution >= 0.6 is 0 Å². The molecule has 0 aliphatic carbocycles. The van der Waals surface area contributed by atoms with Crippen LogP contribution in [-0.2, 0) is 0 Å². The first-order chi connectivity index (χ1) is 6.08. The summed E-state index contributed by atoms with van der Waals surface area (Å²) in [4.78, 5) is 3.81. The molecule has 0 fully saturated rings. The lowest BCUT2D eigenvalue weighted by molar-refractivity contribution is 0.220. The van der Waals surface area contributed by atoms with Crippen molar-refractivity contribution in [1.29, 1.82) is 0 Å². The second kappa shape index (κ2) is 5.62. The molecule has 13 heavy (non-hydrogen) atoms. The van der Waals surface area contributed by atoms with Gasteiger partial charge in [0.25, 0.3) is 0 Å². The summed E-state index contributed by atoms with van der Waals surface area (Å²) >= 11 is 0. The van der Waals surface area contributed by atoms with Gasteiger partial charge in [-0.1, -0.05) is 12.2 Å². The average molecular weight is 187 g/mol. The van der Waals surface area contributed by atoms with Gasteiger partial charge in [-0.2, -0.15) is 0 Å². The first-order valence-electron chi connectivity index (χ1n) is 4.15. The molecular formula is C10H15F2N. The lowest BCUT2D eigenvalue weighted by Crippen LogP contribution is -2.31. The number of allylic oxidation sites excluding steroid dienone is 3. The number of alkyl halides is 2. The third kappa shape index (κ3) is 3.97. The van der Waals surface area contributed by atoms with Gasteiger partial charge in [0.2, 0.25) is 0 Å². The Balaban J connectivity index is 4.80. The van der Waals surface area contributed by atoms with Crippen molar-refractivity contribution in [3.63, 3.8) is 0 Å². The molecule has 1 nitrogen and oxygen atoms in total. The highest BCUT2D eigenvalue weighted by atomic mass is 19.2. The van der Waals surface area contributed by atoms with Crippen LogP contribution in [0.4, 0.5) is 8.78 Å². The van der Waals surface area contributed by atoms with Gasteiger partial charge in [-0.15, -0.1) is 0 Å². The Hall–Kier alpha value is -0.990. The minimum absolute atomic E-state index is 0.107. The molecule has 0 amide bonds. The fourth-order valence-corrected chi connectivity index (χ4v) is 0.733. The van der Waals surface area contributed by atoms with E-state index in [4.69, 9.17) is 0 Å². The zero-order valence-electron chi connectivity index (χ0n) is 8.22. The molecule has 0 bridgehead atoms. The molecule has 0 rings (SSSR count). The third-order valence-electron chi connectivity index (χ3n) is 1.47. The smallest absolute Gasteiger partial charge is 0.177 e. The standard InChI is InChI=1S/C10H15F2N/c1-4-6-9(13-7-5-2)10(3,12)8-11/h4-7H,8H2,1-3H3/b6-4-,7-5-,13-9+. The first kappa shape index (κ1) is 12.0. The summed E-state index contributed by atoms with van der Waals surface area (Å²) in [5, 5.41) is 0. The zero-order valence-corrected chi connectivity index (χ0v) is 8.22. The monoisotopic (exact) mass is 187 g/mol. The molecule has 1 atom stereocenters. The van der Waals surface area contributed by atoms with Gasteiger partial charge in [-0.05, 0) is 26.8 Å². The van der Waals surface area contributed by atoms with Gasteiger partial charge in [0.1, 0.15) is 6.67 Å². The third-order valence-corrected chi connectivity index (χ3v) is 1.47. The molecule has 0 aliphatic rings. The Kier molecular flexibility index (Phi) is 5.19. The summed E-state index contributed by atoms with van der Waals surface area (Å²) in [6, 6.07) is 0. The van der Waals surface area contributed by atoms with E-state index in [1.54, 1.807) is 26.0 Å². The highest BCUT2D eigenvalue weighted by molar-refractivity contribution is 6.01. The van der Waals surface area contributed by atoms with E-state index in [1.807, 2.05) is 0 Å². The Labute approximate surface area is 77.9 Å². The van der Waals surface area contributed by atoms with Crippen LogP contribution in [-0.4, -0.2) is 18.1 Å². The van der Waals surface area contributed by atoms with Crippen molar-refractivity contribution in [3.8, 4) is 0 Å². The van der Waals surface area contributed by atoms with Crippen molar-refractivity contribution in [2.75, 3.05) is 6.67 Å². The molecule has 0 spiro atoms. The number of nitrogens with zero attached hydrogens (tertiary/aromatic N) is 1. The van der Waals surface area contributed by atoms with E-state index in [2.05, 4.69) is 4.99 Å². The SMILES string of the molecule is C\C=C/N=C(\C=C/C)C(C)(F)CF. The van der Waals surface area contributed by atoms with Gasteiger partial charge in [-0.3, -0.25) is 4.99 Å². The number of rotatable bonds is 4. The van der Waals surface area contributed by atoms with Crippen molar-refractivity contribution in [2.45, 2.75) is 26.4 Å². The van der Waals surface area contributed by atoms with Gasteiger partial charge in [0, 0.05) is 6.20 Å². The van der Waals surface area contributed by atoms with Crippen molar-refractivity contribution >= 4 is 5.71 Å². The van der Waals surface area contributed by atoms with E-state index in [1.165, 1.54) is 19.2 Å². The van der Waals surface area contributed by atoms with E-state index in [-0.39, 0.29) is 5.71 Å². The minimum atomic E-state index is -1.99. The van der Waals surface area contributed by atoms with E-state index < -0.39 is 12.3 Å². The van der Waals surface area contributed by atoms with Crippen molar-refractivity contribution in [2.24, 2.45) is 4.99 Å². The lowest BCUT2D eigenvalue weighted by atomic mass is 10.0. The summed E-state index contributed by atoms with van der Waals surface area (Å²) in [7, 11) is 0. The minimum Gasteiger partial charge on any atom is -0.258 e. The topological polar surface area (TPSA) is 12.4 Å². The maximum atomic E-state index is 13.4. The van der Waals surface area contributed by atoms with Crippen LogP contribution in [0, 0.1) is 0 Å². The second-order valence-electron chi connectivity index (χ2n) is 2.83. The van der Waals surface area contributed by atoms with Crippen molar-refractivity contribution < 1.29 is 8.78 Å². The van der Waals surface area contributed by atoms with E-state index >= 15 is 0 Å². The predicted molar refractivity (Wildman–Crippen MR) is 52.6 cm³/mol. The van der Waals surface area contributed by atoms with Crippen LogP contribution in [0.25, 0.3) is 0 Å². The van der Waals surface area contributed by atoms with E-state index in [0.717, 1.165) is 0 Å². The number of hydrogen-bond acceptors (Lipinski definition) is 1. The molecule has 0 aromatic heterocycles. The predicted octanol–water partition coefficient (Wildman–Crippen LogP) is 3.23. The molecule has 74 valence electrons. The second-order valence-corrected chi connectivity index (χ2v) is 2.83. The average Bonchev–Trinajstić information content (AvgIpc) is 2.12. The molecule has 0 aliphatic heterocycles. The fourth-order valence-electron chi connectivity index (χ4n) is 0.733. The van der Waals surface area contributed by atoms with Gasteiger partial charge in [-0.25, -0.2) is 8.78 Å².